The van der Waals surface area contributed by atoms with Crippen LogP contribution in [0.3, 0.4) is 0 Å². The van der Waals surface area contributed by atoms with Crippen LogP contribution in [0.4, 0.5) is 4.79 Å². The number of likely N-dealkylation sites (tertiary alicyclic amines) is 1. The normalized spacial score (nSPS) is 20.0. The first-order valence-electron chi connectivity index (χ1n) is 12.5. The predicted molar refractivity (Wildman–Crippen MR) is 133 cm³/mol. The number of carboxylic acid groups (broad SMARTS) is 1. The summed E-state index contributed by atoms with van der Waals surface area (Å²) in [5.41, 5.74) is 3.74. The Morgan fingerprint density at radius 2 is 1.71 bits per heavy atom. The summed E-state index contributed by atoms with van der Waals surface area (Å²) in [4.78, 5) is 39.1. The number of aliphatic carboxylic acids is 1. The molecule has 0 spiro atoms. The minimum Gasteiger partial charge on any atom is -0.481 e. The molecule has 7 nitrogen and oxygen atoms in total. The van der Waals surface area contributed by atoms with Gasteiger partial charge >= 0.3 is 12.1 Å². The quantitative estimate of drug-likeness (QED) is 0.568. The number of piperidine rings is 1. The van der Waals surface area contributed by atoms with E-state index in [0.717, 1.165) is 11.1 Å². The Bertz CT molecular complexity index is 1050. The molecule has 1 aliphatic heterocycles. The smallest absolute Gasteiger partial charge is 0.407 e. The molecule has 1 unspecified atom stereocenters. The van der Waals surface area contributed by atoms with Crippen LogP contribution in [0.15, 0.2) is 48.5 Å². The van der Waals surface area contributed by atoms with Crippen LogP contribution in [-0.2, 0) is 14.3 Å². The van der Waals surface area contributed by atoms with Crippen LogP contribution in [0.5, 0.6) is 0 Å². The number of rotatable bonds is 8. The van der Waals surface area contributed by atoms with Gasteiger partial charge in [-0.25, -0.2) is 4.79 Å². The lowest BCUT2D eigenvalue weighted by molar-refractivity contribution is -0.155. The Morgan fingerprint density at radius 3 is 2.29 bits per heavy atom. The third kappa shape index (κ3) is 5.04. The highest BCUT2D eigenvalue weighted by Crippen LogP contribution is 2.44. The monoisotopic (exact) mass is 478 g/mol. The van der Waals surface area contributed by atoms with Crippen LogP contribution in [0, 0.1) is 5.41 Å². The van der Waals surface area contributed by atoms with E-state index in [1.54, 1.807) is 4.90 Å². The van der Waals surface area contributed by atoms with E-state index >= 15 is 0 Å². The van der Waals surface area contributed by atoms with Crippen LogP contribution in [0.25, 0.3) is 11.1 Å². The summed E-state index contributed by atoms with van der Waals surface area (Å²) in [5.74, 6) is -1.00. The number of benzene rings is 2. The van der Waals surface area contributed by atoms with E-state index in [1.807, 2.05) is 38.1 Å². The zero-order valence-corrected chi connectivity index (χ0v) is 20.5. The maximum Gasteiger partial charge on any atom is 0.407 e. The van der Waals surface area contributed by atoms with Gasteiger partial charge in [-0.3, -0.25) is 9.59 Å². The van der Waals surface area contributed by atoms with Crippen LogP contribution in [-0.4, -0.2) is 53.7 Å². The summed E-state index contributed by atoms with van der Waals surface area (Å²) >= 11 is 0. The van der Waals surface area contributed by atoms with E-state index in [0.29, 0.717) is 32.2 Å². The number of ether oxygens (including phenoxy) is 1. The molecule has 2 atom stereocenters. The van der Waals surface area contributed by atoms with Crippen molar-refractivity contribution in [2.45, 2.75) is 57.9 Å². The van der Waals surface area contributed by atoms with Gasteiger partial charge in [0.2, 0.25) is 5.91 Å². The highest BCUT2D eigenvalue weighted by Gasteiger charge is 2.42. The number of carbonyl (C=O) groups is 3. The lowest BCUT2D eigenvalue weighted by Crippen LogP contribution is -2.51. The Kier molecular flexibility index (Phi) is 7.43. The SMILES string of the molecule is CC[C@H](CC(=O)N1CCCC(CC)(C(=O)O)C1)NC(=O)OCC1c2ccccc2-c2ccccc21. The van der Waals surface area contributed by atoms with Crippen LogP contribution < -0.4 is 5.32 Å². The fourth-order valence-corrected chi connectivity index (χ4v) is 5.40. The van der Waals surface area contributed by atoms with Gasteiger partial charge < -0.3 is 20.1 Å². The van der Waals surface area contributed by atoms with E-state index in [2.05, 4.69) is 29.6 Å². The second-order valence-corrected chi connectivity index (χ2v) is 9.64. The van der Waals surface area contributed by atoms with Gasteiger partial charge in [-0.1, -0.05) is 62.4 Å². The van der Waals surface area contributed by atoms with Gasteiger partial charge in [0.15, 0.2) is 0 Å². The molecule has 0 bridgehead atoms. The van der Waals surface area contributed by atoms with E-state index in [4.69, 9.17) is 4.74 Å². The van der Waals surface area contributed by atoms with Crippen LogP contribution >= 0.6 is 0 Å². The Morgan fingerprint density at radius 1 is 1.09 bits per heavy atom. The summed E-state index contributed by atoms with van der Waals surface area (Å²) in [6, 6.07) is 16.0. The van der Waals surface area contributed by atoms with Gasteiger partial charge in [-0.15, -0.1) is 0 Å². The molecule has 1 saturated heterocycles. The zero-order valence-electron chi connectivity index (χ0n) is 20.5. The average molecular weight is 479 g/mol. The first-order chi connectivity index (χ1) is 16.9. The summed E-state index contributed by atoms with van der Waals surface area (Å²) in [6.07, 6.45) is 1.89. The van der Waals surface area contributed by atoms with Crippen molar-refractivity contribution in [3.8, 4) is 11.1 Å². The topological polar surface area (TPSA) is 95.9 Å². The highest BCUT2D eigenvalue weighted by molar-refractivity contribution is 5.81. The number of nitrogens with one attached hydrogen (secondary N) is 1. The molecule has 2 aromatic carbocycles. The van der Waals surface area contributed by atoms with Crippen molar-refractivity contribution in [3.63, 3.8) is 0 Å². The number of nitrogens with zero attached hydrogens (tertiary/aromatic N) is 1. The molecular weight excluding hydrogens is 444 g/mol. The van der Waals surface area contributed by atoms with Crippen molar-refractivity contribution in [2.24, 2.45) is 5.41 Å². The van der Waals surface area contributed by atoms with E-state index in [-0.39, 0.29) is 37.4 Å². The zero-order chi connectivity index (χ0) is 25.0. The number of alkyl carbamates (subject to hydrolysis) is 1. The molecule has 2 aromatic rings. The van der Waals surface area contributed by atoms with Crippen LogP contribution in [0.2, 0.25) is 0 Å². The molecular formula is C28H34N2O5. The standard InChI is InChI=1S/C28H34N2O5/c1-3-19(16-25(31)30-15-9-14-28(4-2,18-30)26(32)33)29-27(34)35-17-24-22-12-7-5-10-20(22)21-11-6-8-13-23(21)24/h5-8,10-13,19,24H,3-4,9,14-18H2,1-2H3,(H,29,34)(H,32,33)/t19-,28?/m1/s1. The molecule has 0 radical (unpaired) electrons. The number of carbonyl (C=O) groups excluding carboxylic acids is 2. The maximum absolute atomic E-state index is 13.0. The molecule has 2 N–H and O–H groups in total. The van der Waals surface area contributed by atoms with Gasteiger partial charge in [0, 0.05) is 31.5 Å². The maximum atomic E-state index is 13.0. The molecule has 2 aliphatic rings. The third-order valence-electron chi connectivity index (χ3n) is 7.64. The largest absolute Gasteiger partial charge is 0.481 e. The Balaban J connectivity index is 1.34. The first-order valence-corrected chi connectivity index (χ1v) is 12.5. The predicted octanol–water partition coefficient (Wildman–Crippen LogP) is 4.80. The van der Waals surface area contributed by atoms with E-state index in [1.165, 1.54) is 11.1 Å². The Labute approximate surface area is 206 Å². The number of amides is 2. The molecule has 4 rings (SSSR count). The van der Waals surface area contributed by atoms with Crippen molar-refractivity contribution in [1.29, 1.82) is 0 Å². The van der Waals surface area contributed by atoms with Crippen LogP contribution in [0.1, 0.15) is 63.0 Å². The molecule has 7 heteroatoms. The second kappa shape index (κ2) is 10.5. The molecule has 0 aromatic heterocycles. The van der Waals surface area contributed by atoms with E-state index < -0.39 is 17.5 Å². The molecule has 0 saturated carbocycles. The molecule has 1 fully saturated rings. The fraction of sp³-hybridized carbons (Fsp3) is 0.464. The van der Waals surface area contributed by atoms with Gasteiger partial charge in [-0.05, 0) is 47.9 Å². The number of hydrogen-bond acceptors (Lipinski definition) is 4. The van der Waals surface area contributed by atoms with Crippen molar-refractivity contribution < 1.29 is 24.2 Å². The molecule has 35 heavy (non-hydrogen) atoms. The lowest BCUT2D eigenvalue weighted by Gasteiger charge is -2.39. The lowest BCUT2D eigenvalue weighted by atomic mass is 9.77. The summed E-state index contributed by atoms with van der Waals surface area (Å²) in [6.45, 7) is 4.75. The minimum absolute atomic E-state index is 0.0265. The second-order valence-electron chi connectivity index (χ2n) is 9.64. The highest BCUT2D eigenvalue weighted by atomic mass is 16.5. The summed E-state index contributed by atoms with van der Waals surface area (Å²) in [7, 11) is 0. The van der Waals surface area contributed by atoms with Gasteiger partial charge in [0.1, 0.15) is 6.61 Å². The first kappa shape index (κ1) is 24.8. The van der Waals surface area contributed by atoms with Crippen molar-refractivity contribution in [2.75, 3.05) is 19.7 Å². The summed E-state index contributed by atoms with van der Waals surface area (Å²) < 4.78 is 5.63. The summed E-state index contributed by atoms with van der Waals surface area (Å²) in [5, 5.41) is 12.5. The third-order valence-corrected chi connectivity index (χ3v) is 7.64. The van der Waals surface area contributed by atoms with Gasteiger partial charge in [-0.2, -0.15) is 0 Å². The molecule has 1 aliphatic carbocycles. The van der Waals surface area contributed by atoms with Gasteiger partial charge in [0.25, 0.3) is 0 Å². The molecule has 186 valence electrons. The Hall–Kier alpha value is -3.35. The van der Waals surface area contributed by atoms with Gasteiger partial charge in [0.05, 0.1) is 5.41 Å². The van der Waals surface area contributed by atoms with Crippen molar-refractivity contribution in [3.05, 3.63) is 59.7 Å². The molecule has 2 amide bonds. The number of fused-ring (bicyclic) bond motifs is 3. The fourth-order valence-electron chi connectivity index (χ4n) is 5.40. The average Bonchev–Trinajstić information content (AvgIpc) is 3.20. The van der Waals surface area contributed by atoms with Crippen molar-refractivity contribution in [1.82, 2.24) is 10.2 Å². The minimum atomic E-state index is -0.879. The number of hydrogen-bond donors (Lipinski definition) is 2. The van der Waals surface area contributed by atoms with Crippen molar-refractivity contribution >= 4 is 18.0 Å². The van der Waals surface area contributed by atoms with E-state index in [9.17, 15) is 19.5 Å². The number of carboxylic acids is 1. The molecule has 1 heterocycles.